The van der Waals surface area contributed by atoms with Gasteiger partial charge in [0.25, 0.3) is 0 Å². The quantitative estimate of drug-likeness (QED) is 0.589. The molecule has 1 rings (SSSR count). The minimum Gasteiger partial charge on any atom is -0.370 e. The van der Waals surface area contributed by atoms with Crippen molar-refractivity contribution in [2.75, 3.05) is 13.1 Å². The summed E-state index contributed by atoms with van der Waals surface area (Å²) in [4.78, 5) is 22.1. The Morgan fingerprint density at radius 2 is 2.13 bits per heavy atom. The van der Waals surface area contributed by atoms with Crippen LogP contribution in [0.5, 0.6) is 0 Å². The summed E-state index contributed by atoms with van der Waals surface area (Å²) >= 11 is 0. The van der Waals surface area contributed by atoms with Gasteiger partial charge in [-0.15, -0.1) is 0 Å². The predicted molar refractivity (Wildman–Crippen MR) is 57.1 cm³/mol. The molecule has 0 aromatic rings. The van der Waals surface area contributed by atoms with Gasteiger partial charge in [-0.05, 0) is 19.4 Å². The third-order valence-electron chi connectivity index (χ3n) is 2.55. The van der Waals surface area contributed by atoms with Crippen molar-refractivity contribution in [1.82, 2.24) is 10.6 Å². The van der Waals surface area contributed by atoms with Crippen molar-refractivity contribution < 1.29 is 9.59 Å². The molecule has 4 N–H and O–H groups in total. The molecule has 86 valence electrons. The van der Waals surface area contributed by atoms with Crippen LogP contribution in [0.4, 0.5) is 0 Å². The molecule has 0 aromatic carbocycles. The maximum atomic E-state index is 11.6. The van der Waals surface area contributed by atoms with E-state index in [0.29, 0.717) is 6.54 Å². The zero-order valence-electron chi connectivity index (χ0n) is 8.92. The van der Waals surface area contributed by atoms with E-state index in [4.69, 9.17) is 5.73 Å². The highest BCUT2D eigenvalue weighted by atomic mass is 16.2. The predicted octanol–water partition coefficient (Wildman–Crippen LogP) is -0.490. The second-order valence-electron chi connectivity index (χ2n) is 3.86. The molecule has 0 spiro atoms. The second-order valence-corrected chi connectivity index (χ2v) is 3.86. The van der Waals surface area contributed by atoms with Crippen molar-refractivity contribution in [2.45, 2.75) is 38.1 Å². The van der Waals surface area contributed by atoms with Gasteiger partial charge in [0.05, 0.1) is 6.04 Å². The zero-order valence-corrected chi connectivity index (χ0v) is 8.92. The van der Waals surface area contributed by atoms with Crippen LogP contribution >= 0.6 is 0 Å². The molecular weight excluding hydrogens is 194 g/mol. The van der Waals surface area contributed by atoms with E-state index in [1.807, 2.05) is 0 Å². The Morgan fingerprint density at radius 3 is 2.87 bits per heavy atom. The summed E-state index contributed by atoms with van der Waals surface area (Å²) in [6, 6.07) is -0.0969. The smallest absolute Gasteiger partial charge is 0.237 e. The number of primary amides is 1. The Balaban J connectivity index is 2.22. The first-order valence-corrected chi connectivity index (χ1v) is 5.49. The van der Waals surface area contributed by atoms with Crippen molar-refractivity contribution in [2.24, 2.45) is 5.73 Å². The zero-order chi connectivity index (χ0) is 11.1. The van der Waals surface area contributed by atoms with E-state index < -0.39 is 0 Å². The van der Waals surface area contributed by atoms with Gasteiger partial charge in [-0.25, -0.2) is 0 Å². The number of nitrogens with two attached hydrogens (primary N) is 1. The highest BCUT2D eigenvalue weighted by Gasteiger charge is 2.18. The highest BCUT2D eigenvalue weighted by molar-refractivity contribution is 5.82. The van der Waals surface area contributed by atoms with E-state index in [-0.39, 0.29) is 24.3 Å². The van der Waals surface area contributed by atoms with Crippen LogP contribution < -0.4 is 16.4 Å². The summed E-state index contributed by atoms with van der Waals surface area (Å²) in [6.07, 6.45) is 4.48. The molecule has 1 atom stereocenters. The molecule has 1 heterocycles. The number of carbonyl (C=O) groups excluding carboxylic acids is 2. The average Bonchev–Trinajstić information content (AvgIpc) is 2.44. The normalized spacial score (nSPS) is 21.7. The van der Waals surface area contributed by atoms with E-state index >= 15 is 0 Å². The molecule has 5 heteroatoms. The Hall–Kier alpha value is -1.10. The fourth-order valence-electron chi connectivity index (χ4n) is 1.68. The van der Waals surface area contributed by atoms with Crippen molar-refractivity contribution in [3.63, 3.8) is 0 Å². The molecule has 1 unspecified atom stereocenters. The summed E-state index contributed by atoms with van der Waals surface area (Å²) in [5.41, 5.74) is 4.98. The third kappa shape index (κ3) is 4.78. The van der Waals surface area contributed by atoms with Gasteiger partial charge >= 0.3 is 0 Å². The SMILES string of the molecule is NC(=O)CCNC(=O)C1CCCCCN1. The summed E-state index contributed by atoms with van der Waals surface area (Å²) < 4.78 is 0. The molecule has 0 radical (unpaired) electrons. The van der Waals surface area contributed by atoms with Gasteiger partial charge in [-0.2, -0.15) is 0 Å². The van der Waals surface area contributed by atoms with E-state index in [2.05, 4.69) is 10.6 Å². The lowest BCUT2D eigenvalue weighted by Gasteiger charge is -2.14. The van der Waals surface area contributed by atoms with Crippen LogP contribution in [0.1, 0.15) is 32.1 Å². The van der Waals surface area contributed by atoms with Crippen LogP contribution in [-0.4, -0.2) is 30.9 Å². The van der Waals surface area contributed by atoms with Gasteiger partial charge in [-0.3, -0.25) is 9.59 Å². The van der Waals surface area contributed by atoms with Gasteiger partial charge in [0, 0.05) is 13.0 Å². The van der Waals surface area contributed by atoms with Crippen LogP contribution in [-0.2, 0) is 9.59 Å². The van der Waals surface area contributed by atoms with E-state index in [1.54, 1.807) is 0 Å². The van der Waals surface area contributed by atoms with Crippen LogP contribution in [0.3, 0.4) is 0 Å². The maximum Gasteiger partial charge on any atom is 0.237 e. The largest absolute Gasteiger partial charge is 0.370 e. The lowest BCUT2D eigenvalue weighted by Crippen LogP contribution is -2.44. The highest BCUT2D eigenvalue weighted by Crippen LogP contribution is 2.08. The fourth-order valence-corrected chi connectivity index (χ4v) is 1.68. The number of amides is 2. The first-order chi connectivity index (χ1) is 7.20. The van der Waals surface area contributed by atoms with Gasteiger partial charge in [0.1, 0.15) is 0 Å². The monoisotopic (exact) mass is 213 g/mol. The summed E-state index contributed by atoms with van der Waals surface area (Å²) in [7, 11) is 0. The molecule has 1 aliphatic rings. The van der Waals surface area contributed by atoms with Crippen molar-refractivity contribution in [1.29, 1.82) is 0 Å². The van der Waals surface area contributed by atoms with Crippen LogP contribution in [0, 0.1) is 0 Å². The van der Waals surface area contributed by atoms with Crippen molar-refractivity contribution >= 4 is 11.8 Å². The van der Waals surface area contributed by atoms with E-state index in [9.17, 15) is 9.59 Å². The second kappa shape index (κ2) is 6.40. The molecule has 0 saturated carbocycles. The number of hydrogen-bond acceptors (Lipinski definition) is 3. The molecule has 5 nitrogen and oxygen atoms in total. The molecule has 1 saturated heterocycles. The van der Waals surface area contributed by atoms with Crippen molar-refractivity contribution in [3.05, 3.63) is 0 Å². The number of carbonyl (C=O) groups is 2. The number of nitrogens with one attached hydrogen (secondary N) is 2. The lowest BCUT2D eigenvalue weighted by molar-refractivity contribution is -0.123. The first kappa shape index (κ1) is 12.0. The molecule has 1 aliphatic heterocycles. The standard InChI is InChI=1S/C10H19N3O2/c11-9(14)5-7-13-10(15)8-4-2-1-3-6-12-8/h8,12H,1-7H2,(H2,11,14)(H,13,15). The van der Waals surface area contributed by atoms with Gasteiger partial charge in [-0.1, -0.05) is 12.8 Å². The molecular formula is C10H19N3O2. The van der Waals surface area contributed by atoms with Crippen LogP contribution in [0.25, 0.3) is 0 Å². The Kier molecular flexibility index (Phi) is 5.10. The molecule has 0 aliphatic carbocycles. The fraction of sp³-hybridized carbons (Fsp3) is 0.800. The number of hydrogen-bond donors (Lipinski definition) is 3. The molecule has 1 fully saturated rings. The van der Waals surface area contributed by atoms with Crippen molar-refractivity contribution in [3.8, 4) is 0 Å². The Labute approximate surface area is 89.8 Å². The van der Waals surface area contributed by atoms with E-state index in [1.165, 1.54) is 6.42 Å². The Morgan fingerprint density at radius 1 is 1.33 bits per heavy atom. The molecule has 0 bridgehead atoms. The molecule has 15 heavy (non-hydrogen) atoms. The van der Waals surface area contributed by atoms with Gasteiger partial charge < -0.3 is 16.4 Å². The minimum atomic E-state index is -0.385. The van der Waals surface area contributed by atoms with E-state index in [0.717, 1.165) is 25.8 Å². The lowest BCUT2D eigenvalue weighted by atomic mass is 10.1. The summed E-state index contributed by atoms with van der Waals surface area (Å²) in [5, 5.41) is 5.90. The summed E-state index contributed by atoms with van der Waals surface area (Å²) in [6.45, 7) is 1.24. The minimum absolute atomic E-state index is 0.0156. The van der Waals surface area contributed by atoms with Gasteiger partial charge in [0.2, 0.25) is 11.8 Å². The van der Waals surface area contributed by atoms with Gasteiger partial charge in [0.15, 0.2) is 0 Å². The van der Waals surface area contributed by atoms with Crippen LogP contribution in [0.15, 0.2) is 0 Å². The molecule has 2 amide bonds. The molecule has 0 aromatic heterocycles. The number of rotatable bonds is 4. The average molecular weight is 213 g/mol. The topological polar surface area (TPSA) is 84.2 Å². The van der Waals surface area contributed by atoms with Crippen LogP contribution in [0.2, 0.25) is 0 Å². The first-order valence-electron chi connectivity index (χ1n) is 5.49. The maximum absolute atomic E-state index is 11.6. The summed E-state index contributed by atoms with van der Waals surface area (Å²) in [5.74, 6) is -0.401. The Bertz CT molecular complexity index is 223. The third-order valence-corrected chi connectivity index (χ3v) is 2.55.